The van der Waals surface area contributed by atoms with E-state index in [0.29, 0.717) is 13.0 Å². The van der Waals surface area contributed by atoms with Gasteiger partial charge in [0.05, 0.1) is 12.1 Å². The zero-order valence-electron chi connectivity index (χ0n) is 12.5. The minimum Gasteiger partial charge on any atom is -0.352 e. The summed E-state index contributed by atoms with van der Waals surface area (Å²) in [6.07, 6.45) is 7.22. The highest BCUT2D eigenvalue weighted by Crippen LogP contribution is 2.09. The molecule has 114 valence electrons. The summed E-state index contributed by atoms with van der Waals surface area (Å²) >= 11 is 0. The first kappa shape index (κ1) is 14.5. The first-order valence-electron chi connectivity index (χ1n) is 7.55. The molecule has 5 nitrogen and oxygen atoms in total. The van der Waals surface area contributed by atoms with Gasteiger partial charge in [-0.25, -0.2) is 4.68 Å². The number of carbonyl (C=O) groups excluding carboxylic acids is 1. The SMILES string of the molecule is O=C(Cc1ccc(-n2cccn2)cc1)NCC1=CCNCC1. The van der Waals surface area contributed by atoms with Gasteiger partial charge in [-0.1, -0.05) is 23.8 Å². The molecule has 22 heavy (non-hydrogen) atoms. The fourth-order valence-electron chi connectivity index (χ4n) is 2.48. The molecule has 0 bridgehead atoms. The lowest BCUT2D eigenvalue weighted by atomic mass is 10.1. The molecule has 1 aliphatic rings. The number of hydrogen-bond donors (Lipinski definition) is 2. The third-order valence-corrected chi connectivity index (χ3v) is 3.74. The van der Waals surface area contributed by atoms with E-state index >= 15 is 0 Å². The second-order valence-electron chi connectivity index (χ2n) is 5.39. The Morgan fingerprint density at radius 2 is 2.18 bits per heavy atom. The molecule has 2 aromatic rings. The summed E-state index contributed by atoms with van der Waals surface area (Å²) in [7, 11) is 0. The van der Waals surface area contributed by atoms with E-state index in [0.717, 1.165) is 30.8 Å². The van der Waals surface area contributed by atoms with E-state index in [9.17, 15) is 4.79 Å². The Morgan fingerprint density at radius 1 is 1.32 bits per heavy atom. The maximum atomic E-state index is 12.0. The van der Waals surface area contributed by atoms with Crippen LogP contribution in [0.5, 0.6) is 0 Å². The summed E-state index contributed by atoms with van der Waals surface area (Å²) in [5.41, 5.74) is 3.31. The van der Waals surface area contributed by atoms with Crippen molar-refractivity contribution in [1.82, 2.24) is 20.4 Å². The molecule has 5 heteroatoms. The predicted octanol–water partition coefficient (Wildman–Crippen LogP) is 1.45. The smallest absolute Gasteiger partial charge is 0.224 e. The Labute approximate surface area is 130 Å². The van der Waals surface area contributed by atoms with Crippen LogP contribution < -0.4 is 10.6 Å². The van der Waals surface area contributed by atoms with Crippen LogP contribution in [0.25, 0.3) is 5.69 Å². The van der Waals surface area contributed by atoms with E-state index in [4.69, 9.17) is 0 Å². The zero-order chi connectivity index (χ0) is 15.2. The minimum atomic E-state index is 0.0614. The van der Waals surface area contributed by atoms with Crippen LogP contribution in [0.15, 0.2) is 54.4 Å². The summed E-state index contributed by atoms with van der Waals surface area (Å²) in [4.78, 5) is 12.0. The van der Waals surface area contributed by atoms with Crippen molar-refractivity contribution in [1.29, 1.82) is 0 Å². The molecule has 2 N–H and O–H groups in total. The molecule has 2 heterocycles. The van der Waals surface area contributed by atoms with Crippen LogP contribution >= 0.6 is 0 Å². The van der Waals surface area contributed by atoms with Gasteiger partial charge >= 0.3 is 0 Å². The topological polar surface area (TPSA) is 59.0 Å². The van der Waals surface area contributed by atoms with Crippen molar-refractivity contribution in [2.24, 2.45) is 0 Å². The summed E-state index contributed by atoms with van der Waals surface area (Å²) < 4.78 is 1.80. The van der Waals surface area contributed by atoms with E-state index in [-0.39, 0.29) is 5.91 Å². The lowest BCUT2D eigenvalue weighted by molar-refractivity contribution is -0.120. The van der Waals surface area contributed by atoms with Crippen LogP contribution in [0.2, 0.25) is 0 Å². The van der Waals surface area contributed by atoms with Crippen LogP contribution in [0.4, 0.5) is 0 Å². The second-order valence-corrected chi connectivity index (χ2v) is 5.39. The van der Waals surface area contributed by atoms with E-state index < -0.39 is 0 Å². The Kier molecular flexibility index (Phi) is 4.65. The van der Waals surface area contributed by atoms with Crippen molar-refractivity contribution in [3.05, 3.63) is 59.9 Å². The standard InChI is InChI=1S/C17H20N4O/c22-17(19-13-15-6-9-18-10-7-15)12-14-2-4-16(5-3-14)21-11-1-8-20-21/h1-6,8,11,18H,7,9-10,12-13H2,(H,19,22). The third-order valence-electron chi connectivity index (χ3n) is 3.74. The summed E-state index contributed by atoms with van der Waals surface area (Å²) in [6, 6.07) is 9.79. The molecule has 1 aliphatic heterocycles. The maximum absolute atomic E-state index is 12.0. The summed E-state index contributed by atoms with van der Waals surface area (Å²) in [5, 5.41) is 10.4. The van der Waals surface area contributed by atoms with Gasteiger partial charge in [0.2, 0.25) is 5.91 Å². The Hall–Kier alpha value is -2.40. The van der Waals surface area contributed by atoms with Gasteiger partial charge in [0.25, 0.3) is 0 Å². The van der Waals surface area contributed by atoms with Gasteiger partial charge in [0.1, 0.15) is 0 Å². The van der Waals surface area contributed by atoms with Crippen molar-refractivity contribution >= 4 is 5.91 Å². The Morgan fingerprint density at radius 3 is 2.86 bits per heavy atom. The molecule has 0 unspecified atom stereocenters. The number of hydrogen-bond acceptors (Lipinski definition) is 3. The quantitative estimate of drug-likeness (QED) is 0.821. The van der Waals surface area contributed by atoms with Crippen molar-refractivity contribution in [3.63, 3.8) is 0 Å². The zero-order valence-corrected chi connectivity index (χ0v) is 12.5. The minimum absolute atomic E-state index is 0.0614. The summed E-state index contributed by atoms with van der Waals surface area (Å²) in [6.45, 7) is 2.56. The van der Waals surface area contributed by atoms with Crippen LogP contribution in [-0.4, -0.2) is 35.3 Å². The lowest BCUT2D eigenvalue weighted by Crippen LogP contribution is -2.30. The molecule has 0 fully saturated rings. The summed E-state index contributed by atoms with van der Waals surface area (Å²) in [5.74, 6) is 0.0614. The molecule has 0 saturated heterocycles. The van der Waals surface area contributed by atoms with Gasteiger partial charge in [-0.3, -0.25) is 4.79 Å². The molecule has 3 rings (SSSR count). The van der Waals surface area contributed by atoms with E-state index in [1.165, 1.54) is 5.57 Å². The Bertz CT molecular complexity index is 644. The molecular weight excluding hydrogens is 276 g/mol. The number of benzene rings is 1. The molecule has 1 aromatic carbocycles. The van der Waals surface area contributed by atoms with Gasteiger partial charge in [0, 0.05) is 25.5 Å². The van der Waals surface area contributed by atoms with E-state index in [2.05, 4.69) is 21.8 Å². The van der Waals surface area contributed by atoms with Gasteiger partial charge in [-0.05, 0) is 36.7 Å². The molecule has 0 spiro atoms. The van der Waals surface area contributed by atoms with Crippen molar-refractivity contribution < 1.29 is 4.79 Å². The maximum Gasteiger partial charge on any atom is 0.224 e. The van der Waals surface area contributed by atoms with E-state index in [1.807, 2.05) is 36.5 Å². The highest BCUT2D eigenvalue weighted by Gasteiger charge is 2.07. The van der Waals surface area contributed by atoms with Crippen LogP contribution in [0.1, 0.15) is 12.0 Å². The first-order valence-corrected chi connectivity index (χ1v) is 7.55. The lowest BCUT2D eigenvalue weighted by Gasteiger charge is -2.14. The molecule has 0 radical (unpaired) electrons. The molecule has 0 saturated carbocycles. The van der Waals surface area contributed by atoms with Gasteiger partial charge in [-0.15, -0.1) is 0 Å². The Balaban J connectivity index is 1.52. The monoisotopic (exact) mass is 296 g/mol. The third kappa shape index (κ3) is 3.83. The molecular formula is C17H20N4O. The fraction of sp³-hybridized carbons (Fsp3) is 0.294. The number of carbonyl (C=O) groups is 1. The average Bonchev–Trinajstić information content (AvgIpc) is 3.09. The van der Waals surface area contributed by atoms with Crippen molar-refractivity contribution in [2.45, 2.75) is 12.8 Å². The van der Waals surface area contributed by atoms with Crippen LogP contribution in [-0.2, 0) is 11.2 Å². The highest BCUT2D eigenvalue weighted by atomic mass is 16.1. The number of nitrogens with zero attached hydrogens (tertiary/aromatic N) is 2. The highest BCUT2D eigenvalue weighted by molar-refractivity contribution is 5.78. The normalized spacial score (nSPS) is 14.5. The first-order chi connectivity index (χ1) is 10.8. The van der Waals surface area contributed by atoms with Crippen molar-refractivity contribution in [2.75, 3.05) is 19.6 Å². The van der Waals surface area contributed by atoms with Gasteiger partial charge in [-0.2, -0.15) is 5.10 Å². The van der Waals surface area contributed by atoms with Crippen LogP contribution in [0.3, 0.4) is 0 Å². The number of aromatic nitrogens is 2. The number of amides is 1. The number of nitrogens with one attached hydrogen (secondary N) is 2. The second kappa shape index (κ2) is 7.04. The van der Waals surface area contributed by atoms with E-state index in [1.54, 1.807) is 10.9 Å². The number of rotatable bonds is 5. The molecule has 1 amide bonds. The predicted molar refractivity (Wildman–Crippen MR) is 85.8 cm³/mol. The van der Waals surface area contributed by atoms with Gasteiger partial charge < -0.3 is 10.6 Å². The molecule has 1 aromatic heterocycles. The molecule has 0 aliphatic carbocycles. The van der Waals surface area contributed by atoms with Crippen LogP contribution in [0, 0.1) is 0 Å². The average molecular weight is 296 g/mol. The fourth-order valence-corrected chi connectivity index (χ4v) is 2.48. The molecule has 0 atom stereocenters. The van der Waals surface area contributed by atoms with Crippen molar-refractivity contribution in [3.8, 4) is 5.69 Å². The van der Waals surface area contributed by atoms with Gasteiger partial charge in [0.15, 0.2) is 0 Å². The largest absolute Gasteiger partial charge is 0.352 e.